The molecule has 0 aliphatic carbocycles. The summed E-state index contributed by atoms with van der Waals surface area (Å²) in [6.45, 7) is 2.24. The zero-order valence-electron chi connectivity index (χ0n) is 14.6. The summed E-state index contributed by atoms with van der Waals surface area (Å²) >= 11 is 0. The second kappa shape index (κ2) is 8.28. The van der Waals surface area contributed by atoms with Crippen LogP contribution in [0.5, 0.6) is 17.2 Å². The molecule has 0 bridgehead atoms. The minimum absolute atomic E-state index is 0.268. The molecule has 0 unspecified atom stereocenters. The molecule has 2 aromatic rings. The predicted molar refractivity (Wildman–Crippen MR) is 97.3 cm³/mol. The van der Waals surface area contributed by atoms with E-state index in [-0.39, 0.29) is 6.79 Å². The minimum Gasteiger partial charge on any atom is -0.492 e. The van der Waals surface area contributed by atoms with Crippen LogP contribution in [0.3, 0.4) is 0 Å². The highest BCUT2D eigenvalue weighted by atomic mass is 16.7. The van der Waals surface area contributed by atoms with Crippen LogP contribution in [0.1, 0.15) is 5.56 Å². The minimum atomic E-state index is 0.268. The van der Waals surface area contributed by atoms with E-state index in [0.717, 1.165) is 29.8 Å². The van der Waals surface area contributed by atoms with Crippen LogP contribution in [-0.2, 0) is 6.54 Å². The van der Waals surface area contributed by atoms with Crippen molar-refractivity contribution in [2.45, 2.75) is 6.54 Å². The number of hydrogen-bond acceptors (Lipinski definition) is 4. The van der Waals surface area contributed by atoms with Gasteiger partial charge in [-0.05, 0) is 17.7 Å². The third kappa shape index (κ3) is 4.56. The van der Waals surface area contributed by atoms with Gasteiger partial charge in [0.05, 0.1) is 6.54 Å². The Morgan fingerprint density at radius 3 is 2.76 bits per heavy atom. The number of fused-ring (bicyclic) bond motifs is 1. The molecule has 132 valence electrons. The van der Waals surface area contributed by atoms with Crippen LogP contribution in [0.4, 0.5) is 0 Å². The van der Waals surface area contributed by atoms with E-state index in [2.05, 4.69) is 27.3 Å². The van der Waals surface area contributed by atoms with Gasteiger partial charge in [-0.2, -0.15) is 0 Å². The predicted octanol–water partition coefficient (Wildman–Crippen LogP) is 2.50. The Balaban J connectivity index is 1.44. The fourth-order valence-corrected chi connectivity index (χ4v) is 2.62. The maximum Gasteiger partial charge on any atom is 0.231 e. The van der Waals surface area contributed by atoms with Gasteiger partial charge >= 0.3 is 0 Å². The summed E-state index contributed by atoms with van der Waals surface area (Å²) in [7, 11) is 3.80. The molecule has 0 amide bonds. The average molecular weight is 341 g/mol. The van der Waals surface area contributed by atoms with Crippen LogP contribution in [-0.4, -0.2) is 44.9 Å². The second-order valence-corrected chi connectivity index (χ2v) is 5.68. The lowest BCUT2D eigenvalue weighted by Crippen LogP contribution is -2.40. The number of aliphatic imine (C=N–C) groups is 1. The maximum absolute atomic E-state index is 5.75. The normalized spacial score (nSPS) is 12.8. The summed E-state index contributed by atoms with van der Waals surface area (Å²) in [5, 5.41) is 3.31. The Kier molecular flexibility index (Phi) is 5.61. The van der Waals surface area contributed by atoms with Gasteiger partial charge in [-0.1, -0.05) is 30.3 Å². The first-order valence-corrected chi connectivity index (χ1v) is 8.24. The SMILES string of the molecule is CN=C(NCCOc1ccc2c(c1)OCO2)N(C)Cc1ccccc1. The fourth-order valence-electron chi connectivity index (χ4n) is 2.62. The number of guanidine groups is 1. The summed E-state index contributed by atoms with van der Waals surface area (Å²) in [6, 6.07) is 15.9. The van der Waals surface area contributed by atoms with Crippen molar-refractivity contribution in [1.29, 1.82) is 0 Å². The van der Waals surface area contributed by atoms with Crippen LogP contribution in [0.25, 0.3) is 0 Å². The molecule has 25 heavy (non-hydrogen) atoms. The molecule has 1 N–H and O–H groups in total. The summed E-state index contributed by atoms with van der Waals surface area (Å²) < 4.78 is 16.4. The van der Waals surface area contributed by atoms with Crippen LogP contribution >= 0.6 is 0 Å². The van der Waals surface area contributed by atoms with Crippen molar-refractivity contribution in [1.82, 2.24) is 10.2 Å². The lowest BCUT2D eigenvalue weighted by Gasteiger charge is -2.22. The Morgan fingerprint density at radius 2 is 1.96 bits per heavy atom. The van der Waals surface area contributed by atoms with Crippen LogP contribution in [0.15, 0.2) is 53.5 Å². The van der Waals surface area contributed by atoms with Gasteiger partial charge in [0.25, 0.3) is 0 Å². The molecule has 0 spiro atoms. The second-order valence-electron chi connectivity index (χ2n) is 5.68. The average Bonchev–Trinajstić information content (AvgIpc) is 3.10. The molecule has 0 saturated carbocycles. The molecule has 0 fully saturated rings. The molecule has 0 atom stereocenters. The molecule has 0 saturated heterocycles. The van der Waals surface area contributed by atoms with Gasteiger partial charge in [0, 0.05) is 26.7 Å². The highest BCUT2D eigenvalue weighted by molar-refractivity contribution is 5.79. The van der Waals surface area contributed by atoms with E-state index in [1.807, 2.05) is 43.4 Å². The van der Waals surface area contributed by atoms with Gasteiger partial charge in [0.2, 0.25) is 6.79 Å². The molecule has 2 aromatic carbocycles. The maximum atomic E-state index is 5.75. The van der Waals surface area contributed by atoms with Gasteiger partial charge in [-0.25, -0.2) is 0 Å². The molecule has 6 nitrogen and oxygen atoms in total. The van der Waals surface area contributed by atoms with E-state index in [0.29, 0.717) is 13.2 Å². The van der Waals surface area contributed by atoms with E-state index in [4.69, 9.17) is 14.2 Å². The molecular weight excluding hydrogens is 318 g/mol. The van der Waals surface area contributed by atoms with Crippen molar-refractivity contribution in [3.63, 3.8) is 0 Å². The first kappa shape index (κ1) is 17.0. The first-order chi connectivity index (χ1) is 12.3. The highest BCUT2D eigenvalue weighted by Gasteiger charge is 2.13. The fraction of sp³-hybridized carbons (Fsp3) is 0.316. The number of benzene rings is 2. The van der Waals surface area contributed by atoms with Gasteiger partial charge in [0.1, 0.15) is 12.4 Å². The third-order valence-corrected chi connectivity index (χ3v) is 3.83. The molecule has 1 aliphatic heterocycles. The molecule has 0 aromatic heterocycles. The van der Waals surface area contributed by atoms with Crippen molar-refractivity contribution in [2.75, 3.05) is 34.0 Å². The molecule has 3 rings (SSSR count). The summed E-state index contributed by atoms with van der Waals surface area (Å²) in [5.41, 5.74) is 1.24. The standard InChI is InChI=1S/C19H23N3O3/c1-20-19(22(2)13-15-6-4-3-5-7-15)21-10-11-23-16-8-9-17-18(12-16)25-14-24-17/h3-9,12H,10-11,13-14H2,1-2H3,(H,20,21). The van der Waals surface area contributed by atoms with Crippen molar-refractivity contribution in [3.8, 4) is 17.2 Å². The number of ether oxygens (including phenoxy) is 3. The summed E-state index contributed by atoms with van der Waals surface area (Å²) in [6.07, 6.45) is 0. The van der Waals surface area contributed by atoms with Crippen LogP contribution < -0.4 is 19.5 Å². The lowest BCUT2D eigenvalue weighted by atomic mass is 10.2. The van der Waals surface area contributed by atoms with Crippen molar-refractivity contribution < 1.29 is 14.2 Å². The largest absolute Gasteiger partial charge is 0.492 e. The summed E-state index contributed by atoms with van der Waals surface area (Å²) in [4.78, 5) is 6.39. The van der Waals surface area contributed by atoms with Gasteiger partial charge < -0.3 is 24.4 Å². The molecule has 0 radical (unpaired) electrons. The van der Waals surface area contributed by atoms with Gasteiger partial charge in [-0.3, -0.25) is 4.99 Å². The molecule has 1 aliphatic rings. The Labute approximate surface area is 148 Å². The van der Waals surface area contributed by atoms with Crippen LogP contribution in [0.2, 0.25) is 0 Å². The quantitative estimate of drug-likeness (QED) is 0.497. The Morgan fingerprint density at radius 1 is 1.16 bits per heavy atom. The Hall–Kier alpha value is -2.89. The van der Waals surface area contributed by atoms with Crippen molar-refractivity contribution in [3.05, 3.63) is 54.1 Å². The topological polar surface area (TPSA) is 55.3 Å². The molecular formula is C19H23N3O3. The van der Waals surface area contributed by atoms with Gasteiger partial charge in [0.15, 0.2) is 17.5 Å². The monoisotopic (exact) mass is 341 g/mol. The number of hydrogen-bond donors (Lipinski definition) is 1. The number of rotatable bonds is 6. The van der Waals surface area contributed by atoms with Crippen molar-refractivity contribution in [2.24, 2.45) is 4.99 Å². The van der Waals surface area contributed by atoms with Gasteiger partial charge in [-0.15, -0.1) is 0 Å². The molecule has 6 heteroatoms. The first-order valence-electron chi connectivity index (χ1n) is 8.24. The highest BCUT2D eigenvalue weighted by Crippen LogP contribution is 2.34. The number of nitrogens with one attached hydrogen (secondary N) is 1. The molecule has 1 heterocycles. The third-order valence-electron chi connectivity index (χ3n) is 3.83. The van der Waals surface area contributed by atoms with E-state index in [1.165, 1.54) is 5.56 Å². The van der Waals surface area contributed by atoms with E-state index in [1.54, 1.807) is 7.05 Å². The number of nitrogens with zero attached hydrogens (tertiary/aromatic N) is 2. The van der Waals surface area contributed by atoms with Crippen LogP contribution in [0, 0.1) is 0 Å². The van der Waals surface area contributed by atoms with E-state index in [9.17, 15) is 0 Å². The lowest BCUT2D eigenvalue weighted by molar-refractivity contribution is 0.173. The summed E-state index contributed by atoms with van der Waals surface area (Å²) in [5.74, 6) is 3.08. The smallest absolute Gasteiger partial charge is 0.231 e. The Bertz CT molecular complexity index is 719. The van der Waals surface area contributed by atoms with E-state index < -0.39 is 0 Å². The zero-order valence-corrected chi connectivity index (χ0v) is 14.6. The van der Waals surface area contributed by atoms with E-state index >= 15 is 0 Å². The zero-order chi connectivity index (χ0) is 17.5. The van der Waals surface area contributed by atoms with Crippen molar-refractivity contribution >= 4 is 5.96 Å².